The van der Waals surface area contributed by atoms with E-state index in [0.717, 1.165) is 28.0 Å². The van der Waals surface area contributed by atoms with E-state index in [-0.39, 0.29) is 17.8 Å². The molecule has 0 spiro atoms. The van der Waals surface area contributed by atoms with Crippen LogP contribution in [-0.4, -0.2) is 23.7 Å². The molecule has 0 unspecified atom stereocenters. The Morgan fingerprint density at radius 1 is 1.25 bits per heavy atom. The minimum absolute atomic E-state index is 0.0708. The predicted molar refractivity (Wildman–Crippen MR) is 85.5 cm³/mol. The summed E-state index contributed by atoms with van der Waals surface area (Å²) >= 11 is 0. The first kappa shape index (κ1) is 17.0. The number of hydrogen-bond donors (Lipinski definition) is 0. The monoisotopic (exact) mass is 329 g/mol. The summed E-state index contributed by atoms with van der Waals surface area (Å²) < 4.78 is 11.6. The Labute approximate surface area is 137 Å². The molecule has 0 amide bonds. The molecule has 1 aromatic heterocycles. The lowest BCUT2D eigenvalue weighted by atomic mass is 10.1. The number of pyridine rings is 1. The minimum atomic E-state index is -0.641. The van der Waals surface area contributed by atoms with Crippen LogP contribution in [0.4, 0.5) is 5.69 Å². The third kappa shape index (κ3) is 3.20. The number of aryl methyl sites for hydroxylation is 1. The van der Waals surface area contributed by atoms with Crippen molar-refractivity contribution in [3.8, 4) is 17.6 Å². The molecular formula is C16H15N3O5. The summed E-state index contributed by atoms with van der Waals surface area (Å²) in [6.07, 6.45) is 1.12. The first-order chi connectivity index (χ1) is 11.4. The van der Waals surface area contributed by atoms with Crippen LogP contribution in [-0.2, 0) is 6.54 Å². The number of rotatable bonds is 5. The van der Waals surface area contributed by atoms with Gasteiger partial charge in [-0.25, -0.2) is 0 Å². The van der Waals surface area contributed by atoms with Gasteiger partial charge in [-0.3, -0.25) is 14.9 Å². The molecule has 2 rings (SSSR count). The molecule has 24 heavy (non-hydrogen) atoms. The number of methoxy groups -OCH3 is 2. The van der Waals surface area contributed by atoms with E-state index in [1.165, 1.54) is 14.2 Å². The van der Waals surface area contributed by atoms with Gasteiger partial charge in [-0.05, 0) is 30.2 Å². The maximum atomic E-state index is 12.2. The average Bonchev–Trinajstić information content (AvgIpc) is 2.57. The van der Waals surface area contributed by atoms with E-state index in [2.05, 4.69) is 0 Å². The number of hydrogen-bond acceptors (Lipinski definition) is 6. The van der Waals surface area contributed by atoms with Crippen LogP contribution < -0.4 is 15.0 Å². The Hall–Kier alpha value is -3.34. The lowest BCUT2D eigenvalue weighted by Gasteiger charge is -2.14. The predicted octanol–water partition coefficient (Wildman–Crippen LogP) is 2.00. The average molecular weight is 329 g/mol. The molecule has 0 N–H and O–H groups in total. The lowest BCUT2D eigenvalue weighted by molar-refractivity contribution is -0.385. The second-order valence-corrected chi connectivity index (χ2v) is 5.05. The van der Waals surface area contributed by atoms with Crippen molar-refractivity contribution in [2.24, 2.45) is 0 Å². The van der Waals surface area contributed by atoms with Gasteiger partial charge in [0.05, 0.1) is 31.9 Å². The van der Waals surface area contributed by atoms with Crippen LogP contribution in [0.1, 0.15) is 16.7 Å². The van der Waals surface area contributed by atoms with Crippen molar-refractivity contribution in [2.75, 3.05) is 14.2 Å². The number of benzene rings is 1. The van der Waals surface area contributed by atoms with Crippen LogP contribution in [0.15, 0.2) is 29.2 Å². The summed E-state index contributed by atoms with van der Waals surface area (Å²) in [5.74, 6) is 1.03. The lowest BCUT2D eigenvalue weighted by Crippen LogP contribution is -2.23. The van der Waals surface area contributed by atoms with Crippen LogP contribution in [0.2, 0.25) is 0 Å². The highest BCUT2D eigenvalue weighted by atomic mass is 16.6. The standard InChI is InChI=1S/C16H15N3O5/c1-10-4-14(23-2)15(24-3)6-12(10)8-18-9-13(19(21)22)5-11(7-17)16(18)20/h4-6,9H,8H2,1-3H3. The molecule has 0 aliphatic heterocycles. The Morgan fingerprint density at radius 3 is 2.42 bits per heavy atom. The van der Waals surface area contributed by atoms with Crippen molar-refractivity contribution in [1.82, 2.24) is 4.57 Å². The van der Waals surface area contributed by atoms with E-state index in [1.54, 1.807) is 18.2 Å². The molecule has 8 heteroatoms. The zero-order valence-electron chi connectivity index (χ0n) is 13.4. The summed E-state index contributed by atoms with van der Waals surface area (Å²) in [6.45, 7) is 1.90. The highest BCUT2D eigenvalue weighted by Crippen LogP contribution is 2.30. The van der Waals surface area contributed by atoms with Crippen molar-refractivity contribution in [2.45, 2.75) is 13.5 Å². The number of nitriles is 1. The van der Waals surface area contributed by atoms with Gasteiger partial charge in [-0.1, -0.05) is 0 Å². The van der Waals surface area contributed by atoms with Gasteiger partial charge in [-0.2, -0.15) is 5.26 Å². The van der Waals surface area contributed by atoms with Crippen molar-refractivity contribution in [1.29, 1.82) is 5.26 Å². The van der Waals surface area contributed by atoms with E-state index in [9.17, 15) is 14.9 Å². The molecular weight excluding hydrogens is 314 g/mol. The zero-order chi connectivity index (χ0) is 17.9. The SMILES string of the molecule is COc1cc(C)c(Cn2cc([N+](=O)[O-])cc(C#N)c2=O)cc1OC. The van der Waals surface area contributed by atoms with E-state index < -0.39 is 10.5 Å². The Bertz CT molecular complexity index is 896. The Morgan fingerprint density at radius 2 is 1.88 bits per heavy atom. The molecule has 8 nitrogen and oxygen atoms in total. The molecule has 0 bridgehead atoms. The van der Waals surface area contributed by atoms with Gasteiger partial charge < -0.3 is 14.0 Å². The summed E-state index contributed by atoms with van der Waals surface area (Å²) in [7, 11) is 3.01. The molecule has 0 atom stereocenters. The van der Waals surface area contributed by atoms with Crippen LogP contribution in [0.25, 0.3) is 0 Å². The van der Waals surface area contributed by atoms with Gasteiger partial charge >= 0.3 is 0 Å². The van der Waals surface area contributed by atoms with Crippen LogP contribution in [0, 0.1) is 28.4 Å². The summed E-state index contributed by atoms with van der Waals surface area (Å²) in [4.78, 5) is 22.6. The molecule has 0 saturated heterocycles. The fraction of sp³-hybridized carbons (Fsp3) is 0.250. The van der Waals surface area contributed by atoms with Crippen molar-refractivity contribution < 1.29 is 14.4 Å². The van der Waals surface area contributed by atoms with Crippen molar-refractivity contribution >= 4 is 5.69 Å². The molecule has 124 valence electrons. The zero-order valence-corrected chi connectivity index (χ0v) is 13.4. The van der Waals surface area contributed by atoms with Gasteiger partial charge in [0.25, 0.3) is 11.2 Å². The normalized spacial score (nSPS) is 10.1. The third-order valence-electron chi connectivity index (χ3n) is 3.59. The minimum Gasteiger partial charge on any atom is -0.493 e. The second kappa shape index (κ2) is 6.83. The van der Waals surface area contributed by atoms with Crippen molar-refractivity contribution in [3.63, 3.8) is 0 Å². The Kier molecular flexibility index (Phi) is 4.84. The molecule has 2 aromatic rings. The first-order valence-corrected chi connectivity index (χ1v) is 6.91. The number of ether oxygens (including phenoxy) is 2. The molecule has 1 aromatic carbocycles. The molecule has 0 fully saturated rings. The largest absolute Gasteiger partial charge is 0.493 e. The second-order valence-electron chi connectivity index (χ2n) is 5.05. The van der Waals surface area contributed by atoms with Crippen molar-refractivity contribution in [3.05, 3.63) is 61.6 Å². The fourth-order valence-electron chi connectivity index (χ4n) is 2.29. The number of nitro groups is 1. The van der Waals surface area contributed by atoms with E-state index in [0.29, 0.717) is 11.5 Å². The van der Waals surface area contributed by atoms with Crippen LogP contribution >= 0.6 is 0 Å². The maximum absolute atomic E-state index is 12.2. The molecule has 0 saturated carbocycles. The van der Waals surface area contributed by atoms with E-state index in [4.69, 9.17) is 14.7 Å². The quantitative estimate of drug-likeness (QED) is 0.613. The summed E-state index contributed by atoms with van der Waals surface area (Å²) in [6, 6.07) is 6.11. The van der Waals surface area contributed by atoms with E-state index >= 15 is 0 Å². The topological polar surface area (TPSA) is 107 Å². The molecule has 1 heterocycles. The number of nitrogens with zero attached hydrogens (tertiary/aromatic N) is 3. The van der Waals surface area contributed by atoms with Crippen LogP contribution in [0.5, 0.6) is 11.5 Å². The molecule has 0 radical (unpaired) electrons. The van der Waals surface area contributed by atoms with Gasteiger partial charge in [0.2, 0.25) is 0 Å². The van der Waals surface area contributed by atoms with Crippen LogP contribution in [0.3, 0.4) is 0 Å². The van der Waals surface area contributed by atoms with Gasteiger partial charge in [0.15, 0.2) is 11.5 Å². The van der Waals surface area contributed by atoms with Gasteiger partial charge in [0, 0.05) is 6.07 Å². The van der Waals surface area contributed by atoms with E-state index in [1.807, 2.05) is 6.92 Å². The third-order valence-corrected chi connectivity index (χ3v) is 3.59. The highest BCUT2D eigenvalue weighted by Gasteiger charge is 2.15. The van der Waals surface area contributed by atoms with Gasteiger partial charge in [-0.15, -0.1) is 0 Å². The first-order valence-electron chi connectivity index (χ1n) is 6.91. The fourth-order valence-corrected chi connectivity index (χ4v) is 2.29. The smallest absolute Gasteiger partial charge is 0.287 e. The molecule has 0 aliphatic carbocycles. The molecule has 0 aliphatic rings. The summed E-state index contributed by atoms with van der Waals surface area (Å²) in [5.41, 5.74) is 0.368. The summed E-state index contributed by atoms with van der Waals surface area (Å²) in [5, 5.41) is 20.0. The highest BCUT2D eigenvalue weighted by molar-refractivity contribution is 5.47. The maximum Gasteiger partial charge on any atom is 0.287 e. The van der Waals surface area contributed by atoms with Gasteiger partial charge in [0.1, 0.15) is 11.6 Å². The Balaban J connectivity index is 2.56. The number of aromatic nitrogens is 1.